The Morgan fingerprint density at radius 1 is 1.17 bits per heavy atom. The van der Waals surface area contributed by atoms with E-state index in [4.69, 9.17) is 0 Å². The van der Waals surface area contributed by atoms with Crippen LogP contribution in [0.1, 0.15) is 37.7 Å². The minimum Gasteiger partial charge on any atom is -0.478 e. The van der Waals surface area contributed by atoms with Crippen molar-refractivity contribution in [1.29, 1.82) is 0 Å². The van der Waals surface area contributed by atoms with Gasteiger partial charge in [-0.3, -0.25) is 0 Å². The maximum absolute atomic E-state index is 11.4. The molecule has 96 valence electrons. The van der Waals surface area contributed by atoms with Gasteiger partial charge in [-0.2, -0.15) is 0 Å². The summed E-state index contributed by atoms with van der Waals surface area (Å²) in [6, 6.07) is 7.47. The van der Waals surface area contributed by atoms with E-state index in [1.807, 2.05) is 30.3 Å². The van der Waals surface area contributed by atoms with Gasteiger partial charge in [-0.25, -0.2) is 4.79 Å². The molecule has 1 N–H and O–H groups in total. The number of aliphatic carboxylic acids is 1. The fourth-order valence-electron chi connectivity index (χ4n) is 2.46. The number of allylic oxidation sites excluding steroid dienone is 1. The van der Waals surface area contributed by atoms with E-state index >= 15 is 0 Å². The standard InChI is InChI=1S/C15H17BrO2/c16-13-8-6-12(7-9-13)14(15(17)18)10-11-4-2-1-3-5-11/h6-11H,1-5H2,(H,17,18). The van der Waals surface area contributed by atoms with Gasteiger partial charge in [0.15, 0.2) is 0 Å². The molecule has 0 radical (unpaired) electrons. The summed E-state index contributed by atoms with van der Waals surface area (Å²) in [6.07, 6.45) is 7.90. The van der Waals surface area contributed by atoms with Crippen molar-refractivity contribution in [1.82, 2.24) is 0 Å². The molecule has 0 saturated heterocycles. The third-order valence-electron chi connectivity index (χ3n) is 3.44. The van der Waals surface area contributed by atoms with Gasteiger partial charge in [0.1, 0.15) is 0 Å². The van der Waals surface area contributed by atoms with E-state index in [2.05, 4.69) is 15.9 Å². The molecule has 0 heterocycles. The van der Waals surface area contributed by atoms with Gasteiger partial charge >= 0.3 is 5.97 Å². The fourth-order valence-corrected chi connectivity index (χ4v) is 2.72. The number of rotatable bonds is 3. The highest BCUT2D eigenvalue weighted by molar-refractivity contribution is 9.10. The molecule has 0 spiro atoms. The van der Waals surface area contributed by atoms with Crippen LogP contribution < -0.4 is 0 Å². The number of benzene rings is 1. The van der Waals surface area contributed by atoms with Crippen molar-refractivity contribution in [3.8, 4) is 0 Å². The van der Waals surface area contributed by atoms with Crippen molar-refractivity contribution < 1.29 is 9.90 Å². The van der Waals surface area contributed by atoms with Crippen LogP contribution in [0.25, 0.3) is 5.57 Å². The second-order valence-electron chi connectivity index (χ2n) is 4.79. The zero-order valence-electron chi connectivity index (χ0n) is 10.2. The van der Waals surface area contributed by atoms with E-state index in [1.54, 1.807) is 0 Å². The van der Waals surface area contributed by atoms with Crippen LogP contribution in [-0.2, 0) is 4.79 Å². The molecule has 1 aliphatic rings. The van der Waals surface area contributed by atoms with E-state index in [1.165, 1.54) is 19.3 Å². The van der Waals surface area contributed by atoms with Crippen LogP contribution in [0.4, 0.5) is 0 Å². The number of halogens is 1. The van der Waals surface area contributed by atoms with Crippen molar-refractivity contribution in [3.05, 3.63) is 40.4 Å². The monoisotopic (exact) mass is 308 g/mol. The Labute approximate surface area is 116 Å². The Bertz CT molecular complexity index is 442. The molecule has 1 fully saturated rings. The van der Waals surface area contributed by atoms with Gasteiger partial charge in [-0.05, 0) is 36.5 Å². The molecule has 18 heavy (non-hydrogen) atoms. The van der Waals surface area contributed by atoms with E-state index in [0.717, 1.165) is 22.9 Å². The third-order valence-corrected chi connectivity index (χ3v) is 3.97. The largest absolute Gasteiger partial charge is 0.478 e. The molecule has 1 aliphatic carbocycles. The Morgan fingerprint density at radius 3 is 2.33 bits per heavy atom. The Hall–Kier alpha value is -1.09. The minimum atomic E-state index is -0.831. The normalized spacial score (nSPS) is 17.7. The smallest absolute Gasteiger partial charge is 0.335 e. The highest BCUT2D eigenvalue weighted by Gasteiger charge is 2.16. The molecule has 0 amide bonds. The first-order valence-corrected chi connectivity index (χ1v) is 7.17. The van der Waals surface area contributed by atoms with Crippen molar-refractivity contribution in [3.63, 3.8) is 0 Å². The topological polar surface area (TPSA) is 37.3 Å². The second-order valence-corrected chi connectivity index (χ2v) is 5.71. The summed E-state index contributed by atoms with van der Waals surface area (Å²) in [6.45, 7) is 0. The van der Waals surface area contributed by atoms with E-state index in [9.17, 15) is 9.90 Å². The maximum Gasteiger partial charge on any atom is 0.335 e. The average Bonchev–Trinajstić information content (AvgIpc) is 2.38. The highest BCUT2D eigenvalue weighted by atomic mass is 79.9. The Morgan fingerprint density at radius 2 is 1.78 bits per heavy atom. The van der Waals surface area contributed by atoms with Crippen LogP contribution >= 0.6 is 15.9 Å². The summed E-state index contributed by atoms with van der Waals surface area (Å²) in [7, 11) is 0. The molecule has 0 aromatic heterocycles. The summed E-state index contributed by atoms with van der Waals surface area (Å²) >= 11 is 3.36. The molecule has 2 rings (SSSR count). The first-order chi connectivity index (χ1) is 8.66. The number of carboxylic acids is 1. The highest BCUT2D eigenvalue weighted by Crippen LogP contribution is 2.28. The first kappa shape index (κ1) is 13.3. The average molecular weight is 309 g/mol. The van der Waals surface area contributed by atoms with Crippen LogP contribution in [0.2, 0.25) is 0 Å². The van der Waals surface area contributed by atoms with Gasteiger partial charge in [0.2, 0.25) is 0 Å². The summed E-state index contributed by atoms with van der Waals surface area (Å²) in [5, 5.41) is 9.35. The lowest BCUT2D eigenvalue weighted by molar-refractivity contribution is -0.130. The summed E-state index contributed by atoms with van der Waals surface area (Å²) in [4.78, 5) is 11.4. The molecular weight excluding hydrogens is 292 g/mol. The number of hydrogen-bond donors (Lipinski definition) is 1. The predicted molar refractivity (Wildman–Crippen MR) is 76.3 cm³/mol. The third kappa shape index (κ3) is 3.45. The van der Waals surface area contributed by atoms with Crippen molar-refractivity contribution in [2.45, 2.75) is 32.1 Å². The summed E-state index contributed by atoms with van der Waals surface area (Å²) in [5.41, 5.74) is 1.23. The number of hydrogen-bond acceptors (Lipinski definition) is 1. The lowest BCUT2D eigenvalue weighted by Gasteiger charge is -2.19. The lowest BCUT2D eigenvalue weighted by atomic mass is 9.87. The van der Waals surface area contributed by atoms with E-state index < -0.39 is 5.97 Å². The van der Waals surface area contributed by atoms with Crippen molar-refractivity contribution >= 4 is 27.5 Å². The molecular formula is C15H17BrO2. The second kappa shape index (κ2) is 6.19. The predicted octanol–water partition coefficient (Wildman–Crippen LogP) is 4.50. The van der Waals surface area contributed by atoms with Crippen LogP contribution in [-0.4, -0.2) is 11.1 Å². The molecule has 1 saturated carbocycles. The molecule has 3 heteroatoms. The number of carboxylic acid groups (broad SMARTS) is 1. The van der Waals surface area contributed by atoms with Crippen molar-refractivity contribution in [2.24, 2.45) is 5.92 Å². The summed E-state index contributed by atoms with van der Waals surface area (Å²) in [5.74, 6) is -0.406. The fraction of sp³-hybridized carbons (Fsp3) is 0.400. The van der Waals surface area contributed by atoms with Crippen LogP contribution in [0.3, 0.4) is 0 Å². The Kier molecular flexibility index (Phi) is 4.59. The quantitative estimate of drug-likeness (QED) is 0.835. The molecule has 2 nitrogen and oxygen atoms in total. The van der Waals surface area contributed by atoms with E-state index in [0.29, 0.717) is 11.5 Å². The van der Waals surface area contributed by atoms with Gasteiger partial charge in [-0.1, -0.05) is 53.4 Å². The van der Waals surface area contributed by atoms with Gasteiger partial charge in [0, 0.05) is 4.47 Å². The maximum atomic E-state index is 11.4. The van der Waals surface area contributed by atoms with Crippen LogP contribution in [0.15, 0.2) is 34.8 Å². The van der Waals surface area contributed by atoms with Gasteiger partial charge in [0.25, 0.3) is 0 Å². The van der Waals surface area contributed by atoms with Crippen LogP contribution in [0.5, 0.6) is 0 Å². The molecule has 0 unspecified atom stereocenters. The SMILES string of the molecule is O=C(O)C(=CC1CCCCC1)c1ccc(Br)cc1. The molecule has 0 aliphatic heterocycles. The van der Waals surface area contributed by atoms with Gasteiger partial charge in [-0.15, -0.1) is 0 Å². The summed E-state index contributed by atoms with van der Waals surface area (Å²) < 4.78 is 0.966. The Balaban J connectivity index is 2.24. The zero-order valence-corrected chi connectivity index (χ0v) is 11.8. The van der Waals surface area contributed by atoms with Crippen LogP contribution in [0, 0.1) is 5.92 Å². The zero-order chi connectivity index (χ0) is 13.0. The lowest BCUT2D eigenvalue weighted by Crippen LogP contribution is -2.07. The minimum absolute atomic E-state index is 0.425. The van der Waals surface area contributed by atoms with E-state index in [-0.39, 0.29) is 0 Å². The number of carbonyl (C=O) groups is 1. The molecule has 1 aromatic rings. The molecule has 0 atom stereocenters. The van der Waals surface area contributed by atoms with Gasteiger partial charge in [0.05, 0.1) is 5.57 Å². The molecule has 0 bridgehead atoms. The van der Waals surface area contributed by atoms with Gasteiger partial charge < -0.3 is 5.11 Å². The first-order valence-electron chi connectivity index (χ1n) is 6.38. The molecule has 1 aromatic carbocycles. The van der Waals surface area contributed by atoms with Crippen molar-refractivity contribution in [2.75, 3.05) is 0 Å².